The van der Waals surface area contributed by atoms with E-state index in [1.54, 1.807) is 6.21 Å². The first-order chi connectivity index (χ1) is 12.3. The SMILES string of the molecule is Oc1[nH]c2ccccc2c1C=Nc1ccc(CN2CCOCC2)cc1. The van der Waals surface area contributed by atoms with E-state index in [2.05, 4.69) is 27.0 Å². The molecule has 2 N–H and O–H groups in total. The van der Waals surface area contributed by atoms with E-state index in [0.29, 0.717) is 5.56 Å². The van der Waals surface area contributed by atoms with Crippen molar-refractivity contribution < 1.29 is 9.84 Å². The van der Waals surface area contributed by atoms with Crippen LogP contribution in [0.1, 0.15) is 11.1 Å². The highest BCUT2D eigenvalue weighted by Crippen LogP contribution is 2.26. The highest BCUT2D eigenvalue weighted by Gasteiger charge is 2.10. The lowest BCUT2D eigenvalue weighted by atomic mass is 10.1. The van der Waals surface area contributed by atoms with Crippen LogP contribution in [-0.2, 0) is 11.3 Å². The standard InChI is InChI=1S/C20H21N3O2/c24-20-18(17-3-1-2-4-19(17)22-20)13-21-16-7-5-15(6-8-16)14-23-9-11-25-12-10-23/h1-8,13,22,24H,9-12,14H2. The molecule has 25 heavy (non-hydrogen) atoms. The maximum Gasteiger partial charge on any atom is 0.198 e. The molecule has 1 fully saturated rings. The summed E-state index contributed by atoms with van der Waals surface area (Å²) in [5.41, 5.74) is 3.77. The third-order valence-electron chi connectivity index (χ3n) is 4.51. The first kappa shape index (κ1) is 15.9. The van der Waals surface area contributed by atoms with E-state index in [1.165, 1.54) is 5.56 Å². The number of ether oxygens (including phenoxy) is 1. The highest BCUT2D eigenvalue weighted by atomic mass is 16.5. The molecular weight excluding hydrogens is 314 g/mol. The predicted octanol–water partition coefficient (Wildman–Crippen LogP) is 3.46. The van der Waals surface area contributed by atoms with Gasteiger partial charge in [-0.1, -0.05) is 30.3 Å². The van der Waals surface area contributed by atoms with Gasteiger partial charge in [0.15, 0.2) is 5.88 Å². The molecule has 128 valence electrons. The van der Waals surface area contributed by atoms with Crippen LogP contribution in [0.15, 0.2) is 53.5 Å². The number of morpholine rings is 1. The van der Waals surface area contributed by atoms with E-state index in [-0.39, 0.29) is 5.88 Å². The fourth-order valence-electron chi connectivity index (χ4n) is 3.12. The Bertz CT molecular complexity index is 878. The number of nitrogens with one attached hydrogen (secondary N) is 1. The van der Waals surface area contributed by atoms with Crippen LogP contribution in [0.25, 0.3) is 10.9 Å². The van der Waals surface area contributed by atoms with Crippen molar-refractivity contribution in [2.24, 2.45) is 4.99 Å². The molecule has 3 aromatic rings. The number of fused-ring (bicyclic) bond motifs is 1. The zero-order valence-electron chi connectivity index (χ0n) is 14.0. The molecule has 0 bridgehead atoms. The van der Waals surface area contributed by atoms with Crippen LogP contribution in [0.5, 0.6) is 5.88 Å². The zero-order valence-corrected chi connectivity index (χ0v) is 14.0. The Kier molecular flexibility index (Phi) is 4.50. The normalized spacial score (nSPS) is 16.0. The summed E-state index contributed by atoms with van der Waals surface area (Å²) < 4.78 is 5.38. The molecule has 4 rings (SSSR count). The van der Waals surface area contributed by atoms with Crippen molar-refractivity contribution in [3.63, 3.8) is 0 Å². The molecule has 1 saturated heterocycles. The molecule has 0 atom stereocenters. The first-order valence-electron chi connectivity index (χ1n) is 8.52. The smallest absolute Gasteiger partial charge is 0.198 e. The molecule has 1 aliphatic rings. The van der Waals surface area contributed by atoms with Gasteiger partial charge in [-0.15, -0.1) is 0 Å². The van der Waals surface area contributed by atoms with Gasteiger partial charge in [-0.25, -0.2) is 0 Å². The van der Waals surface area contributed by atoms with Crippen molar-refractivity contribution in [3.8, 4) is 5.88 Å². The van der Waals surface area contributed by atoms with Gasteiger partial charge in [0.2, 0.25) is 0 Å². The van der Waals surface area contributed by atoms with Crippen LogP contribution in [0.4, 0.5) is 5.69 Å². The number of benzene rings is 2. The Morgan fingerprint density at radius 1 is 1.08 bits per heavy atom. The number of hydrogen-bond donors (Lipinski definition) is 2. The van der Waals surface area contributed by atoms with E-state index in [0.717, 1.165) is 49.4 Å². The molecule has 2 heterocycles. The van der Waals surface area contributed by atoms with Crippen molar-refractivity contribution in [2.45, 2.75) is 6.54 Å². The lowest BCUT2D eigenvalue weighted by Crippen LogP contribution is -2.35. The van der Waals surface area contributed by atoms with Gasteiger partial charge >= 0.3 is 0 Å². The molecule has 2 aromatic carbocycles. The molecule has 5 nitrogen and oxygen atoms in total. The molecule has 1 aromatic heterocycles. The first-order valence-corrected chi connectivity index (χ1v) is 8.52. The van der Waals surface area contributed by atoms with Gasteiger partial charge in [-0.05, 0) is 23.8 Å². The molecule has 0 aliphatic carbocycles. The summed E-state index contributed by atoms with van der Waals surface area (Å²) in [6.45, 7) is 4.54. The molecule has 0 spiro atoms. The Morgan fingerprint density at radius 3 is 2.64 bits per heavy atom. The minimum atomic E-state index is 0.147. The van der Waals surface area contributed by atoms with Gasteiger partial charge in [-0.2, -0.15) is 0 Å². The Labute approximate surface area is 146 Å². The van der Waals surface area contributed by atoms with Gasteiger partial charge in [0.1, 0.15) is 0 Å². The van der Waals surface area contributed by atoms with Gasteiger partial charge in [0.05, 0.1) is 24.5 Å². The molecule has 0 unspecified atom stereocenters. The van der Waals surface area contributed by atoms with E-state index in [9.17, 15) is 5.11 Å². The average Bonchev–Trinajstić information content (AvgIpc) is 2.97. The molecule has 0 amide bonds. The molecule has 0 saturated carbocycles. The van der Waals surface area contributed by atoms with Crippen LogP contribution >= 0.6 is 0 Å². The molecule has 1 aliphatic heterocycles. The number of para-hydroxylation sites is 1. The number of aromatic hydroxyl groups is 1. The molecular formula is C20H21N3O2. The topological polar surface area (TPSA) is 60.8 Å². The van der Waals surface area contributed by atoms with Crippen LogP contribution in [0.3, 0.4) is 0 Å². The van der Waals surface area contributed by atoms with Crippen molar-refractivity contribution in [3.05, 3.63) is 59.7 Å². The average molecular weight is 335 g/mol. The number of aliphatic imine (C=N–C) groups is 1. The number of aromatic amines is 1. The largest absolute Gasteiger partial charge is 0.494 e. The summed E-state index contributed by atoms with van der Waals surface area (Å²) in [4.78, 5) is 9.87. The summed E-state index contributed by atoms with van der Waals surface area (Å²) in [5, 5.41) is 11.0. The van der Waals surface area contributed by atoms with Crippen LogP contribution in [-0.4, -0.2) is 47.5 Å². The lowest BCUT2D eigenvalue weighted by molar-refractivity contribution is 0.0342. The summed E-state index contributed by atoms with van der Waals surface area (Å²) in [6, 6.07) is 16.0. The molecule has 5 heteroatoms. The predicted molar refractivity (Wildman–Crippen MR) is 99.8 cm³/mol. The van der Waals surface area contributed by atoms with Crippen molar-refractivity contribution >= 4 is 22.8 Å². The summed E-state index contributed by atoms with van der Waals surface area (Å²) in [6.07, 6.45) is 1.71. The number of aromatic nitrogens is 1. The Balaban J connectivity index is 1.48. The summed E-state index contributed by atoms with van der Waals surface area (Å²) in [5.74, 6) is 0.147. The van der Waals surface area contributed by atoms with E-state index in [1.807, 2.05) is 36.4 Å². The van der Waals surface area contributed by atoms with Crippen LogP contribution in [0.2, 0.25) is 0 Å². The van der Waals surface area contributed by atoms with Crippen molar-refractivity contribution in [1.29, 1.82) is 0 Å². The fourth-order valence-corrected chi connectivity index (χ4v) is 3.12. The maximum absolute atomic E-state index is 10.1. The third kappa shape index (κ3) is 3.57. The lowest BCUT2D eigenvalue weighted by Gasteiger charge is -2.26. The Hall–Kier alpha value is -2.63. The second-order valence-corrected chi connectivity index (χ2v) is 6.25. The van der Waals surface area contributed by atoms with Crippen LogP contribution in [0, 0.1) is 0 Å². The number of nitrogens with zero attached hydrogens (tertiary/aromatic N) is 2. The maximum atomic E-state index is 10.1. The number of hydrogen-bond acceptors (Lipinski definition) is 4. The van der Waals surface area contributed by atoms with Gasteiger partial charge < -0.3 is 14.8 Å². The second kappa shape index (κ2) is 7.09. The van der Waals surface area contributed by atoms with Gasteiger partial charge in [0.25, 0.3) is 0 Å². The third-order valence-corrected chi connectivity index (χ3v) is 4.51. The van der Waals surface area contributed by atoms with Crippen LogP contribution < -0.4 is 0 Å². The quantitative estimate of drug-likeness (QED) is 0.718. The van der Waals surface area contributed by atoms with E-state index in [4.69, 9.17) is 4.74 Å². The number of H-pyrrole nitrogens is 1. The monoisotopic (exact) mass is 335 g/mol. The van der Waals surface area contributed by atoms with Gasteiger partial charge in [-0.3, -0.25) is 9.89 Å². The van der Waals surface area contributed by atoms with Crippen molar-refractivity contribution in [2.75, 3.05) is 26.3 Å². The van der Waals surface area contributed by atoms with Crippen molar-refractivity contribution in [1.82, 2.24) is 9.88 Å². The van der Waals surface area contributed by atoms with Gasteiger partial charge in [0, 0.05) is 36.8 Å². The fraction of sp³-hybridized carbons (Fsp3) is 0.250. The minimum Gasteiger partial charge on any atom is -0.494 e. The summed E-state index contributed by atoms with van der Waals surface area (Å²) >= 11 is 0. The minimum absolute atomic E-state index is 0.147. The zero-order chi connectivity index (χ0) is 17.1. The number of rotatable bonds is 4. The Morgan fingerprint density at radius 2 is 1.84 bits per heavy atom. The van der Waals surface area contributed by atoms with E-state index < -0.39 is 0 Å². The van der Waals surface area contributed by atoms with E-state index >= 15 is 0 Å². The highest BCUT2D eigenvalue weighted by molar-refractivity contribution is 6.02. The summed E-state index contributed by atoms with van der Waals surface area (Å²) in [7, 11) is 0. The molecule has 0 radical (unpaired) electrons. The second-order valence-electron chi connectivity index (χ2n) is 6.25.